The zero-order valence-electron chi connectivity index (χ0n) is 21.6. The summed E-state index contributed by atoms with van der Waals surface area (Å²) in [6.45, 7) is 2.10. The van der Waals surface area contributed by atoms with Crippen molar-refractivity contribution < 1.29 is 23.1 Å². The molecule has 0 radical (unpaired) electrons. The molecule has 1 N–H and O–H groups in total. The molecule has 204 valence electrons. The van der Waals surface area contributed by atoms with Crippen molar-refractivity contribution in [2.75, 3.05) is 18.6 Å². The summed E-state index contributed by atoms with van der Waals surface area (Å²) in [7, 11) is 1.29. The molecule has 1 aliphatic carbocycles. The van der Waals surface area contributed by atoms with Gasteiger partial charge in [0.1, 0.15) is 29.1 Å². The molecule has 2 aromatic carbocycles. The molecule has 0 spiro atoms. The highest BCUT2D eigenvalue weighted by atomic mass is 35.5. The van der Waals surface area contributed by atoms with E-state index in [9.17, 15) is 14.4 Å². The number of hydrogen-bond donors (Lipinski definition) is 1. The number of halogens is 3. The number of amides is 2. The van der Waals surface area contributed by atoms with Crippen LogP contribution in [0.5, 0.6) is 5.75 Å². The molecule has 0 unspecified atom stereocenters. The first-order valence-electron chi connectivity index (χ1n) is 12.9. The molecule has 1 fully saturated rings. The number of pyridine rings is 1. The van der Waals surface area contributed by atoms with Gasteiger partial charge in [-0.3, -0.25) is 14.4 Å². The van der Waals surface area contributed by atoms with Crippen molar-refractivity contribution in [2.45, 2.75) is 51.1 Å². The van der Waals surface area contributed by atoms with Gasteiger partial charge in [-0.05, 0) is 68.5 Å². The molecule has 2 amide bonds. The number of carbonyl (C=O) groups is 2. The Morgan fingerprint density at radius 2 is 1.74 bits per heavy atom. The highest BCUT2D eigenvalue weighted by Gasteiger charge is 2.46. The van der Waals surface area contributed by atoms with Gasteiger partial charge in [-0.2, -0.15) is 0 Å². The molecule has 0 bridgehead atoms. The van der Waals surface area contributed by atoms with Gasteiger partial charge in [-0.1, -0.05) is 11.6 Å². The lowest BCUT2D eigenvalue weighted by molar-refractivity contribution is -0.118. The lowest BCUT2D eigenvalue weighted by atomic mass is 9.92. The zero-order valence-corrected chi connectivity index (χ0v) is 22.4. The van der Waals surface area contributed by atoms with Gasteiger partial charge >= 0.3 is 0 Å². The lowest BCUT2D eigenvalue weighted by Gasteiger charge is -2.25. The number of aromatic nitrogens is 1. The minimum absolute atomic E-state index is 0.0165. The highest BCUT2D eigenvalue weighted by molar-refractivity contribution is 6.30. The standard InChI is InChI=1S/C29H28ClF2N3O4/c1-3-34-23-7-5-4-6-17(23)12-24(28(34)37)35-15-20(25-21(31)13-19(39-2)14-22(25)32)26(29(35)38)33-27(36)16-8-10-18(30)11-9-16/h8-14,20,26H,3-7,15H2,1-2H3,(H,33,36)/t20-,26-/m0/s1. The van der Waals surface area contributed by atoms with Crippen LogP contribution in [0.4, 0.5) is 14.5 Å². The summed E-state index contributed by atoms with van der Waals surface area (Å²) in [5.74, 6) is -4.17. The van der Waals surface area contributed by atoms with Gasteiger partial charge < -0.3 is 19.5 Å². The number of benzene rings is 2. The van der Waals surface area contributed by atoms with Gasteiger partial charge in [0.15, 0.2) is 0 Å². The second-order valence-electron chi connectivity index (χ2n) is 9.78. The Bertz CT molecular complexity index is 1480. The predicted molar refractivity (Wildman–Crippen MR) is 144 cm³/mol. The molecule has 5 rings (SSSR count). The van der Waals surface area contributed by atoms with Gasteiger partial charge in [0.2, 0.25) is 5.91 Å². The number of rotatable bonds is 6. The number of anilines is 1. The third-order valence-corrected chi connectivity index (χ3v) is 7.81. The van der Waals surface area contributed by atoms with E-state index in [0.717, 1.165) is 49.1 Å². The first-order chi connectivity index (χ1) is 18.7. The number of ether oxygens (including phenoxy) is 1. The van der Waals surface area contributed by atoms with Crippen molar-refractivity contribution in [1.29, 1.82) is 0 Å². The molecule has 0 saturated carbocycles. The second-order valence-corrected chi connectivity index (χ2v) is 10.2. The molecular weight excluding hydrogens is 528 g/mol. The van der Waals surface area contributed by atoms with E-state index >= 15 is 8.78 Å². The fraction of sp³-hybridized carbons (Fsp3) is 0.345. The van der Waals surface area contributed by atoms with Crippen LogP contribution in [0.3, 0.4) is 0 Å². The molecule has 39 heavy (non-hydrogen) atoms. The topological polar surface area (TPSA) is 80.6 Å². The fourth-order valence-electron chi connectivity index (χ4n) is 5.62. The number of carbonyl (C=O) groups excluding carboxylic acids is 2. The molecule has 1 aliphatic heterocycles. The minimum Gasteiger partial charge on any atom is -0.497 e. The van der Waals surface area contributed by atoms with Crippen molar-refractivity contribution in [3.05, 3.63) is 91.9 Å². The quantitative estimate of drug-likeness (QED) is 0.481. The summed E-state index contributed by atoms with van der Waals surface area (Å²) in [5, 5.41) is 3.08. The number of methoxy groups -OCH3 is 1. The zero-order chi connectivity index (χ0) is 27.8. The van der Waals surface area contributed by atoms with Crippen LogP contribution in [0.15, 0.2) is 47.3 Å². The lowest BCUT2D eigenvalue weighted by Crippen LogP contribution is -2.45. The maximum Gasteiger partial charge on any atom is 0.274 e. The van der Waals surface area contributed by atoms with Crippen molar-refractivity contribution in [1.82, 2.24) is 9.88 Å². The van der Waals surface area contributed by atoms with Crippen LogP contribution in [-0.2, 0) is 24.2 Å². The monoisotopic (exact) mass is 555 g/mol. The summed E-state index contributed by atoms with van der Waals surface area (Å²) in [6, 6.07) is 8.50. The Morgan fingerprint density at radius 1 is 1.08 bits per heavy atom. The first kappa shape index (κ1) is 26.9. The van der Waals surface area contributed by atoms with E-state index < -0.39 is 35.4 Å². The summed E-state index contributed by atoms with van der Waals surface area (Å²) in [4.78, 5) is 41.8. The molecular formula is C29H28ClF2N3O4. The molecule has 2 atom stereocenters. The van der Waals surface area contributed by atoms with Crippen LogP contribution in [0.25, 0.3) is 0 Å². The van der Waals surface area contributed by atoms with Gasteiger partial charge in [-0.15, -0.1) is 0 Å². The SMILES string of the molecule is CCn1c2c(cc(N3C[C@@H](c4c(F)cc(OC)cc4F)[C@H](NC(=O)c4ccc(Cl)cc4)C3=O)c1=O)CCCC2. The minimum atomic E-state index is -1.32. The van der Waals surface area contributed by atoms with Gasteiger partial charge in [0.25, 0.3) is 11.5 Å². The van der Waals surface area contributed by atoms with Crippen LogP contribution in [0.1, 0.15) is 52.9 Å². The van der Waals surface area contributed by atoms with E-state index in [1.807, 2.05) is 6.92 Å². The number of fused-ring (bicyclic) bond motifs is 1. The van der Waals surface area contributed by atoms with Crippen LogP contribution < -0.4 is 20.5 Å². The largest absolute Gasteiger partial charge is 0.497 e. The van der Waals surface area contributed by atoms with Crippen LogP contribution in [0.2, 0.25) is 5.02 Å². The Kier molecular flexibility index (Phi) is 7.44. The summed E-state index contributed by atoms with van der Waals surface area (Å²) < 4.78 is 37.2. The third-order valence-electron chi connectivity index (χ3n) is 7.55. The van der Waals surface area contributed by atoms with Gasteiger partial charge in [0, 0.05) is 53.0 Å². The maximum atomic E-state index is 15.3. The van der Waals surface area contributed by atoms with E-state index in [2.05, 4.69) is 5.32 Å². The van der Waals surface area contributed by atoms with Crippen LogP contribution in [-0.4, -0.2) is 36.1 Å². The van der Waals surface area contributed by atoms with E-state index in [1.165, 1.54) is 36.3 Å². The summed E-state index contributed by atoms with van der Waals surface area (Å²) in [5.41, 5.74) is 1.61. The van der Waals surface area contributed by atoms with Crippen LogP contribution in [0, 0.1) is 11.6 Å². The average Bonchev–Trinajstić information content (AvgIpc) is 3.23. The fourth-order valence-corrected chi connectivity index (χ4v) is 5.75. The normalized spacial score (nSPS) is 18.7. The molecule has 10 heteroatoms. The Morgan fingerprint density at radius 3 is 2.38 bits per heavy atom. The van der Waals surface area contributed by atoms with E-state index in [0.29, 0.717) is 11.6 Å². The van der Waals surface area contributed by atoms with E-state index in [-0.39, 0.29) is 34.7 Å². The third kappa shape index (κ3) is 4.91. The van der Waals surface area contributed by atoms with Crippen molar-refractivity contribution in [2.24, 2.45) is 0 Å². The van der Waals surface area contributed by atoms with Crippen LogP contribution >= 0.6 is 11.6 Å². The number of aryl methyl sites for hydroxylation is 1. The number of nitrogens with one attached hydrogen (secondary N) is 1. The van der Waals surface area contributed by atoms with Crippen molar-refractivity contribution >= 4 is 29.1 Å². The number of nitrogens with zero attached hydrogens (tertiary/aromatic N) is 2. The summed E-state index contributed by atoms with van der Waals surface area (Å²) in [6.07, 6.45) is 3.49. The van der Waals surface area contributed by atoms with E-state index in [4.69, 9.17) is 16.3 Å². The average molecular weight is 556 g/mol. The number of hydrogen-bond acceptors (Lipinski definition) is 4. The Labute approximate surface area is 229 Å². The maximum absolute atomic E-state index is 15.3. The highest BCUT2D eigenvalue weighted by Crippen LogP contribution is 2.36. The first-order valence-corrected chi connectivity index (χ1v) is 13.3. The molecule has 1 aromatic heterocycles. The summed E-state index contributed by atoms with van der Waals surface area (Å²) >= 11 is 5.93. The molecule has 3 aromatic rings. The van der Waals surface area contributed by atoms with Gasteiger partial charge in [-0.25, -0.2) is 8.78 Å². The van der Waals surface area contributed by atoms with Crippen molar-refractivity contribution in [3.8, 4) is 5.75 Å². The molecule has 2 heterocycles. The van der Waals surface area contributed by atoms with Crippen molar-refractivity contribution in [3.63, 3.8) is 0 Å². The molecule has 7 nitrogen and oxygen atoms in total. The predicted octanol–water partition coefficient (Wildman–Crippen LogP) is 4.62. The van der Waals surface area contributed by atoms with E-state index in [1.54, 1.807) is 10.6 Å². The molecule has 1 saturated heterocycles. The van der Waals surface area contributed by atoms with Gasteiger partial charge in [0.05, 0.1) is 7.11 Å². The Balaban J connectivity index is 1.59. The molecule has 2 aliphatic rings. The smallest absolute Gasteiger partial charge is 0.274 e. The Hall–Kier alpha value is -3.72. The second kappa shape index (κ2) is 10.8.